The van der Waals surface area contributed by atoms with Crippen molar-refractivity contribution in [2.45, 2.75) is 18.7 Å². The van der Waals surface area contributed by atoms with Crippen molar-refractivity contribution in [1.29, 1.82) is 0 Å². The largest absolute Gasteiger partial charge is 0.484 e. The van der Waals surface area contributed by atoms with Gasteiger partial charge in [-0.25, -0.2) is 0 Å². The molecule has 1 aromatic carbocycles. The number of nitrogens with zero attached hydrogens (tertiary/aromatic N) is 1. The molecule has 19 heavy (non-hydrogen) atoms. The van der Waals surface area contributed by atoms with Gasteiger partial charge in [0.1, 0.15) is 5.75 Å². The first kappa shape index (κ1) is 14.5. The summed E-state index contributed by atoms with van der Waals surface area (Å²) in [5.41, 5.74) is 0. The van der Waals surface area contributed by atoms with Gasteiger partial charge in [0, 0.05) is 18.1 Å². The summed E-state index contributed by atoms with van der Waals surface area (Å²) in [5.74, 6) is 1.08. The van der Waals surface area contributed by atoms with Crippen molar-refractivity contribution in [3.63, 3.8) is 0 Å². The standard InChI is InChI=1S/C14H17Cl2NO2/c1-10-6-7-17(8-13(10)16)14(18)9-19-12-4-2-11(15)3-5-12/h2-5,10,13H,6-9H2,1H3. The number of carbonyl (C=O) groups is 1. The van der Waals surface area contributed by atoms with Gasteiger partial charge in [-0.05, 0) is 36.6 Å². The van der Waals surface area contributed by atoms with E-state index in [9.17, 15) is 4.79 Å². The number of benzene rings is 1. The lowest BCUT2D eigenvalue weighted by Crippen LogP contribution is -2.45. The van der Waals surface area contributed by atoms with E-state index < -0.39 is 0 Å². The predicted octanol–water partition coefficient (Wildman–Crippen LogP) is 3.19. The second-order valence-electron chi connectivity index (χ2n) is 4.86. The second-order valence-corrected chi connectivity index (χ2v) is 5.86. The fraction of sp³-hybridized carbons (Fsp3) is 0.500. The summed E-state index contributed by atoms with van der Waals surface area (Å²) in [7, 11) is 0. The summed E-state index contributed by atoms with van der Waals surface area (Å²) in [4.78, 5) is 13.8. The normalized spacial score (nSPS) is 23.2. The third-order valence-corrected chi connectivity index (χ3v) is 4.22. The Bertz CT molecular complexity index is 436. The number of ether oxygens (including phenoxy) is 1. The van der Waals surface area contributed by atoms with Gasteiger partial charge in [-0.15, -0.1) is 11.6 Å². The molecule has 2 rings (SSSR count). The van der Waals surface area contributed by atoms with Gasteiger partial charge in [0.2, 0.25) is 0 Å². The van der Waals surface area contributed by atoms with E-state index in [4.69, 9.17) is 27.9 Å². The van der Waals surface area contributed by atoms with Gasteiger partial charge >= 0.3 is 0 Å². The van der Waals surface area contributed by atoms with Gasteiger partial charge in [-0.1, -0.05) is 18.5 Å². The van der Waals surface area contributed by atoms with Crippen LogP contribution in [-0.2, 0) is 4.79 Å². The third-order valence-electron chi connectivity index (χ3n) is 3.40. The van der Waals surface area contributed by atoms with Crippen LogP contribution >= 0.6 is 23.2 Å². The maximum Gasteiger partial charge on any atom is 0.260 e. The number of hydrogen-bond acceptors (Lipinski definition) is 2. The smallest absolute Gasteiger partial charge is 0.260 e. The molecule has 1 aliphatic rings. The first-order valence-electron chi connectivity index (χ1n) is 6.36. The highest BCUT2D eigenvalue weighted by Gasteiger charge is 2.27. The van der Waals surface area contributed by atoms with Gasteiger partial charge in [-0.2, -0.15) is 0 Å². The molecule has 0 aliphatic carbocycles. The van der Waals surface area contributed by atoms with E-state index in [1.807, 2.05) is 0 Å². The average molecular weight is 302 g/mol. The second kappa shape index (κ2) is 6.49. The molecule has 1 amide bonds. The Morgan fingerprint density at radius 2 is 2.11 bits per heavy atom. The van der Waals surface area contributed by atoms with Crippen molar-refractivity contribution in [2.24, 2.45) is 5.92 Å². The zero-order valence-corrected chi connectivity index (χ0v) is 12.3. The molecule has 1 fully saturated rings. The Morgan fingerprint density at radius 3 is 2.74 bits per heavy atom. The number of carbonyl (C=O) groups excluding carboxylic acids is 1. The molecule has 3 nitrogen and oxygen atoms in total. The monoisotopic (exact) mass is 301 g/mol. The molecular formula is C14H17Cl2NO2. The maximum atomic E-state index is 12.0. The molecule has 0 aromatic heterocycles. The molecule has 5 heteroatoms. The van der Waals surface area contributed by atoms with Crippen molar-refractivity contribution in [1.82, 2.24) is 4.90 Å². The number of rotatable bonds is 3. The molecule has 1 aliphatic heterocycles. The fourth-order valence-corrected chi connectivity index (χ4v) is 2.43. The summed E-state index contributed by atoms with van der Waals surface area (Å²) in [6, 6.07) is 6.97. The number of piperidine rings is 1. The van der Waals surface area contributed by atoms with E-state index in [1.54, 1.807) is 29.2 Å². The molecule has 0 radical (unpaired) electrons. The van der Waals surface area contributed by atoms with E-state index in [-0.39, 0.29) is 17.9 Å². The lowest BCUT2D eigenvalue weighted by atomic mass is 9.99. The molecule has 2 unspecified atom stereocenters. The number of alkyl halides is 1. The zero-order chi connectivity index (χ0) is 13.8. The Balaban J connectivity index is 1.83. The van der Waals surface area contributed by atoms with Crippen LogP contribution in [-0.4, -0.2) is 35.9 Å². The van der Waals surface area contributed by atoms with Gasteiger partial charge in [0.25, 0.3) is 5.91 Å². The number of likely N-dealkylation sites (tertiary alicyclic amines) is 1. The zero-order valence-electron chi connectivity index (χ0n) is 10.8. The van der Waals surface area contributed by atoms with Crippen LogP contribution in [0.25, 0.3) is 0 Å². The van der Waals surface area contributed by atoms with Crippen molar-refractivity contribution < 1.29 is 9.53 Å². The summed E-state index contributed by atoms with van der Waals surface area (Å²) in [6.45, 7) is 3.52. The average Bonchev–Trinajstić information content (AvgIpc) is 2.41. The SMILES string of the molecule is CC1CCN(C(=O)COc2ccc(Cl)cc2)CC1Cl. The molecule has 0 spiro atoms. The molecule has 104 valence electrons. The van der Waals surface area contributed by atoms with Crippen LogP contribution in [0.5, 0.6) is 5.75 Å². The molecule has 0 bridgehead atoms. The Hall–Kier alpha value is -0.930. The molecule has 1 saturated heterocycles. The Morgan fingerprint density at radius 1 is 1.42 bits per heavy atom. The quantitative estimate of drug-likeness (QED) is 0.803. The van der Waals surface area contributed by atoms with E-state index >= 15 is 0 Å². The highest BCUT2D eigenvalue weighted by Crippen LogP contribution is 2.22. The molecule has 0 N–H and O–H groups in total. The number of halogens is 2. The van der Waals surface area contributed by atoms with Crippen LogP contribution in [0, 0.1) is 5.92 Å². The van der Waals surface area contributed by atoms with Gasteiger partial charge in [0.05, 0.1) is 5.38 Å². The van der Waals surface area contributed by atoms with Gasteiger partial charge < -0.3 is 9.64 Å². The van der Waals surface area contributed by atoms with Crippen molar-refractivity contribution in [3.8, 4) is 5.75 Å². The van der Waals surface area contributed by atoms with Crippen LogP contribution in [0.1, 0.15) is 13.3 Å². The minimum Gasteiger partial charge on any atom is -0.484 e. The first-order chi connectivity index (χ1) is 9.06. The summed E-state index contributed by atoms with van der Waals surface area (Å²) in [5, 5.41) is 0.682. The van der Waals surface area contributed by atoms with Crippen LogP contribution in [0.15, 0.2) is 24.3 Å². The van der Waals surface area contributed by atoms with Crippen LogP contribution in [0.2, 0.25) is 5.02 Å². The molecular weight excluding hydrogens is 285 g/mol. The minimum absolute atomic E-state index is 0.0208. The van der Waals surface area contributed by atoms with E-state index in [0.717, 1.165) is 13.0 Å². The lowest BCUT2D eigenvalue weighted by molar-refractivity contribution is -0.134. The van der Waals surface area contributed by atoms with E-state index in [2.05, 4.69) is 6.92 Å². The topological polar surface area (TPSA) is 29.5 Å². The first-order valence-corrected chi connectivity index (χ1v) is 7.18. The number of amides is 1. The maximum absolute atomic E-state index is 12.0. The van der Waals surface area contributed by atoms with Crippen LogP contribution < -0.4 is 4.74 Å². The number of hydrogen-bond donors (Lipinski definition) is 0. The van der Waals surface area contributed by atoms with Crippen molar-refractivity contribution in [3.05, 3.63) is 29.3 Å². The Labute approximate surface area is 123 Å². The van der Waals surface area contributed by atoms with Gasteiger partial charge in [0.15, 0.2) is 6.61 Å². The highest BCUT2D eigenvalue weighted by atomic mass is 35.5. The Kier molecular flexibility index (Phi) is 4.94. The molecule has 1 heterocycles. The summed E-state index contributed by atoms with van der Waals surface area (Å²) >= 11 is 12.0. The summed E-state index contributed by atoms with van der Waals surface area (Å²) in [6.07, 6.45) is 0.945. The van der Waals surface area contributed by atoms with Crippen LogP contribution in [0.4, 0.5) is 0 Å². The minimum atomic E-state index is -0.0208. The predicted molar refractivity (Wildman–Crippen MR) is 76.9 cm³/mol. The van der Waals surface area contributed by atoms with Crippen molar-refractivity contribution in [2.75, 3.05) is 19.7 Å². The van der Waals surface area contributed by atoms with Crippen LogP contribution in [0.3, 0.4) is 0 Å². The molecule has 2 atom stereocenters. The molecule has 0 saturated carbocycles. The molecule has 1 aromatic rings. The third kappa shape index (κ3) is 4.02. The highest BCUT2D eigenvalue weighted by molar-refractivity contribution is 6.30. The van der Waals surface area contributed by atoms with Crippen molar-refractivity contribution >= 4 is 29.1 Å². The lowest BCUT2D eigenvalue weighted by Gasteiger charge is -2.33. The summed E-state index contributed by atoms with van der Waals surface area (Å²) < 4.78 is 5.45. The fourth-order valence-electron chi connectivity index (χ4n) is 2.02. The van der Waals surface area contributed by atoms with E-state index in [1.165, 1.54) is 0 Å². The van der Waals surface area contributed by atoms with Gasteiger partial charge in [-0.3, -0.25) is 4.79 Å². The van der Waals surface area contributed by atoms with E-state index in [0.29, 0.717) is 23.2 Å².